The average Bonchev–Trinajstić information content (AvgIpc) is 2.52. The molecular formula is C14H11N3O3. The number of hydrogen-bond donors (Lipinski definition) is 0. The minimum absolute atomic E-state index is 0.139. The summed E-state index contributed by atoms with van der Waals surface area (Å²) in [7, 11) is 1.47. The number of hydrogen-bond acceptors (Lipinski definition) is 5. The molecule has 2 aromatic heterocycles. The molecule has 0 spiro atoms. The summed E-state index contributed by atoms with van der Waals surface area (Å²) in [6.45, 7) is 7.16. The van der Waals surface area contributed by atoms with Gasteiger partial charge < -0.3 is 14.3 Å². The van der Waals surface area contributed by atoms with Gasteiger partial charge in [0.1, 0.15) is 18.6 Å². The largest absolute Gasteiger partial charge is 0.488 e. The molecule has 0 radical (unpaired) electrons. The summed E-state index contributed by atoms with van der Waals surface area (Å²) >= 11 is 0. The third-order valence-electron chi connectivity index (χ3n) is 2.57. The van der Waals surface area contributed by atoms with Gasteiger partial charge in [0, 0.05) is 11.6 Å². The fourth-order valence-electron chi connectivity index (χ4n) is 1.56. The Kier molecular flexibility index (Phi) is 4.24. The van der Waals surface area contributed by atoms with E-state index in [-0.39, 0.29) is 12.4 Å². The van der Waals surface area contributed by atoms with Crippen LogP contribution in [-0.4, -0.2) is 23.4 Å². The lowest BCUT2D eigenvalue weighted by Gasteiger charge is -2.09. The van der Waals surface area contributed by atoms with Crippen LogP contribution in [0.25, 0.3) is 4.85 Å². The number of pyridine rings is 2. The van der Waals surface area contributed by atoms with Crippen LogP contribution < -0.4 is 9.47 Å². The molecule has 20 heavy (non-hydrogen) atoms. The van der Waals surface area contributed by atoms with Crippen molar-refractivity contribution < 1.29 is 14.3 Å². The van der Waals surface area contributed by atoms with E-state index >= 15 is 0 Å². The van der Waals surface area contributed by atoms with Crippen molar-refractivity contribution in [2.45, 2.75) is 6.61 Å². The zero-order valence-corrected chi connectivity index (χ0v) is 10.7. The minimum atomic E-state index is 0.139. The van der Waals surface area contributed by atoms with Crippen molar-refractivity contribution in [3.63, 3.8) is 0 Å². The Balaban J connectivity index is 2.19. The highest BCUT2D eigenvalue weighted by molar-refractivity contribution is 5.79. The normalized spacial score (nSPS) is 9.60. The number of ether oxygens (including phenoxy) is 2. The maximum absolute atomic E-state index is 11.0. The van der Waals surface area contributed by atoms with E-state index in [0.717, 1.165) is 0 Å². The Hall–Kier alpha value is -2.94. The summed E-state index contributed by atoms with van der Waals surface area (Å²) in [6, 6.07) is 4.96. The first kappa shape index (κ1) is 13.5. The van der Waals surface area contributed by atoms with Crippen LogP contribution in [0.5, 0.6) is 11.6 Å². The predicted octanol–water partition coefficient (Wildman–Crippen LogP) is 2.43. The number of nitrogens with zero attached hydrogens (tertiary/aromatic N) is 3. The van der Waals surface area contributed by atoms with Crippen LogP contribution in [0.3, 0.4) is 0 Å². The van der Waals surface area contributed by atoms with Crippen LogP contribution >= 0.6 is 0 Å². The van der Waals surface area contributed by atoms with E-state index < -0.39 is 0 Å². The van der Waals surface area contributed by atoms with Gasteiger partial charge in [0.25, 0.3) is 5.82 Å². The molecular weight excluding hydrogens is 258 g/mol. The number of aromatic nitrogens is 2. The summed E-state index contributed by atoms with van der Waals surface area (Å²) < 4.78 is 10.5. The lowest BCUT2D eigenvalue weighted by molar-refractivity contribution is 0.111. The van der Waals surface area contributed by atoms with Crippen LogP contribution in [0, 0.1) is 6.57 Å². The predicted molar refractivity (Wildman–Crippen MR) is 71.0 cm³/mol. The Bertz CT molecular complexity index is 665. The smallest absolute Gasteiger partial charge is 0.276 e. The van der Waals surface area contributed by atoms with Gasteiger partial charge in [-0.1, -0.05) is 12.6 Å². The molecule has 0 saturated heterocycles. The Morgan fingerprint density at radius 3 is 3.00 bits per heavy atom. The summed E-state index contributed by atoms with van der Waals surface area (Å²) in [4.78, 5) is 22.2. The van der Waals surface area contributed by atoms with Gasteiger partial charge in [-0.2, -0.15) is 0 Å². The summed E-state index contributed by atoms with van der Waals surface area (Å²) in [6.07, 6.45) is 3.62. The van der Waals surface area contributed by atoms with Crippen molar-refractivity contribution in [3.05, 3.63) is 53.1 Å². The lowest BCUT2D eigenvalue weighted by atomic mass is 10.2. The Morgan fingerprint density at radius 1 is 1.45 bits per heavy atom. The molecule has 6 heteroatoms. The number of rotatable bonds is 5. The first-order valence-corrected chi connectivity index (χ1v) is 5.72. The molecule has 0 atom stereocenters. The summed E-state index contributed by atoms with van der Waals surface area (Å²) in [5, 5.41) is 0. The van der Waals surface area contributed by atoms with E-state index in [9.17, 15) is 4.79 Å². The van der Waals surface area contributed by atoms with Crippen LogP contribution in [0.15, 0.2) is 30.6 Å². The van der Waals surface area contributed by atoms with E-state index in [1.54, 1.807) is 18.3 Å². The molecule has 2 heterocycles. The molecule has 0 bridgehead atoms. The summed E-state index contributed by atoms with van der Waals surface area (Å²) in [5.41, 5.74) is 0.986. The molecule has 0 aliphatic rings. The molecule has 0 aromatic carbocycles. The van der Waals surface area contributed by atoms with E-state index in [4.69, 9.17) is 16.0 Å². The standard InChI is InChI=1S/C14H11N3O3/c1-15-14-10(4-3-5-16-14)9-20-12-7-17-13(19-2)6-11(12)8-18/h3-8H,9H2,2H3. The van der Waals surface area contributed by atoms with Gasteiger partial charge in [0.05, 0.1) is 18.9 Å². The monoisotopic (exact) mass is 269 g/mol. The molecule has 0 saturated carbocycles. The van der Waals surface area contributed by atoms with Crippen LogP contribution in [-0.2, 0) is 6.61 Å². The van der Waals surface area contributed by atoms with E-state index in [1.165, 1.54) is 19.4 Å². The molecule has 2 aromatic rings. The van der Waals surface area contributed by atoms with Gasteiger partial charge in [-0.3, -0.25) is 4.79 Å². The quantitative estimate of drug-likeness (QED) is 0.616. The highest BCUT2D eigenvalue weighted by atomic mass is 16.5. The number of aldehydes is 1. The molecule has 0 aliphatic carbocycles. The first-order valence-electron chi connectivity index (χ1n) is 5.72. The van der Waals surface area contributed by atoms with E-state index in [1.807, 2.05) is 0 Å². The molecule has 0 aliphatic heterocycles. The van der Waals surface area contributed by atoms with Crippen LogP contribution in [0.1, 0.15) is 15.9 Å². The molecule has 0 N–H and O–H groups in total. The van der Waals surface area contributed by atoms with Crippen molar-refractivity contribution in [2.75, 3.05) is 7.11 Å². The van der Waals surface area contributed by atoms with Crippen molar-refractivity contribution in [2.24, 2.45) is 0 Å². The topological polar surface area (TPSA) is 65.7 Å². The van der Waals surface area contributed by atoms with Gasteiger partial charge in [0.2, 0.25) is 5.88 Å². The van der Waals surface area contributed by atoms with Gasteiger partial charge in [-0.15, -0.1) is 4.98 Å². The van der Waals surface area contributed by atoms with Crippen molar-refractivity contribution in [3.8, 4) is 11.6 Å². The maximum atomic E-state index is 11.0. The van der Waals surface area contributed by atoms with Gasteiger partial charge in [-0.05, 0) is 6.07 Å². The summed E-state index contributed by atoms with van der Waals surface area (Å²) in [5.74, 6) is 0.949. The molecule has 100 valence electrons. The first-order chi connectivity index (χ1) is 9.78. The lowest BCUT2D eigenvalue weighted by Crippen LogP contribution is -2.00. The fraction of sp³-hybridized carbons (Fsp3) is 0.143. The number of carbonyl (C=O) groups excluding carboxylic acids is 1. The SMILES string of the molecule is [C-]#[N+]c1ncccc1COc1cnc(OC)cc1C=O. The second-order valence-electron chi connectivity index (χ2n) is 3.77. The van der Waals surface area contributed by atoms with Crippen molar-refractivity contribution in [1.29, 1.82) is 0 Å². The van der Waals surface area contributed by atoms with Gasteiger partial charge in [-0.25, -0.2) is 4.98 Å². The second kappa shape index (κ2) is 6.29. The van der Waals surface area contributed by atoms with Crippen LogP contribution in [0.4, 0.5) is 5.82 Å². The van der Waals surface area contributed by atoms with E-state index in [0.29, 0.717) is 29.0 Å². The highest BCUT2D eigenvalue weighted by Crippen LogP contribution is 2.22. The molecule has 2 rings (SSSR count). The number of methoxy groups -OCH3 is 1. The van der Waals surface area contributed by atoms with Gasteiger partial charge in [0.15, 0.2) is 6.29 Å². The fourth-order valence-corrected chi connectivity index (χ4v) is 1.56. The zero-order valence-electron chi connectivity index (χ0n) is 10.7. The molecule has 0 fully saturated rings. The Labute approximate surface area is 115 Å². The van der Waals surface area contributed by atoms with Crippen molar-refractivity contribution >= 4 is 12.1 Å². The third kappa shape index (κ3) is 2.90. The third-order valence-corrected chi connectivity index (χ3v) is 2.57. The molecule has 6 nitrogen and oxygen atoms in total. The van der Waals surface area contributed by atoms with Gasteiger partial charge >= 0.3 is 0 Å². The minimum Gasteiger partial charge on any atom is -0.488 e. The van der Waals surface area contributed by atoms with E-state index in [2.05, 4.69) is 14.8 Å². The zero-order chi connectivity index (χ0) is 14.4. The highest BCUT2D eigenvalue weighted by Gasteiger charge is 2.08. The average molecular weight is 269 g/mol. The number of carbonyl (C=O) groups is 1. The second-order valence-corrected chi connectivity index (χ2v) is 3.77. The molecule has 0 unspecified atom stereocenters. The van der Waals surface area contributed by atoms with Crippen LogP contribution in [0.2, 0.25) is 0 Å². The molecule has 0 amide bonds. The Morgan fingerprint density at radius 2 is 2.30 bits per heavy atom. The van der Waals surface area contributed by atoms with Crippen molar-refractivity contribution in [1.82, 2.24) is 9.97 Å². The maximum Gasteiger partial charge on any atom is 0.276 e.